The van der Waals surface area contributed by atoms with Crippen LogP contribution in [0.1, 0.15) is 16.7 Å². The summed E-state index contributed by atoms with van der Waals surface area (Å²) in [6, 6.07) is 6.51. The van der Waals surface area contributed by atoms with Crippen LogP contribution < -0.4 is 0 Å². The van der Waals surface area contributed by atoms with Crippen molar-refractivity contribution in [2.45, 2.75) is 13.3 Å². The third-order valence-electron chi connectivity index (χ3n) is 2.45. The average molecular weight is 186 g/mol. The van der Waals surface area contributed by atoms with Gasteiger partial charge in [-0.05, 0) is 36.6 Å². The Labute approximate surface area is 84.7 Å². The highest BCUT2D eigenvalue weighted by Crippen LogP contribution is 2.20. The van der Waals surface area contributed by atoms with Gasteiger partial charge in [0.25, 0.3) is 0 Å². The van der Waals surface area contributed by atoms with E-state index in [1.807, 2.05) is 6.08 Å². The molecule has 0 fully saturated rings. The fourth-order valence-electron chi connectivity index (χ4n) is 1.68. The number of rotatable bonds is 1. The molecule has 1 aliphatic rings. The largest absolute Gasteiger partial charge is 0.497 e. The standard InChI is InChI=1S/C13H14O/c1-10-6-7-12-9-13(14-2)5-3-4-11(12)8-10/h3,5-9H,4H2,1-2H3. The van der Waals surface area contributed by atoms with E-state index >= 15 is 0 Å². The Morgan fingerprint density at radius 3 is 2.93 bits per heavy atom. The fourth-order valence-corrected chi connectivity index (χ4v) is 1.68. The Morgan fingerprint density at radius 2 is 2.14 bits per heavy atom. The Hall–Kier alpha value is -1.50. The van der Waals surface area contributed by atoms with E-state index in [4.69, 9.17) is 4.74 Å². The smallest absolute Gasteiger partial charge is 0.119 e. The van der Waals surface area contributed by atoms with Gasteiger partial charge >= 0.3 is 0 Å². The van der Waals surface area contributed by atoms with E-state index in [-0.39, 0.29) is 0 Å². The Morgan fingerprint density at radius 1 is 1.29 bits per heavy atom. The molecule has 0 saturated heterocycles. The molecule has 1 heteroatoms. The van der Waals surface area contributed by atoms with Gasteiger partial charge in [0.2, 0.25) is 0 Å². The van der Waals surface area contributed by atoms with Gasteiger partial charge in [-0.3, -0.25) is 0 Å². The van der Waals surface area contributed by atoms with Gasteiger partial charge in [-0.15, -0.1) is 0 Å². The van der Waals surface area contributed by atoms with Gasteiger partial charge in [0, 0.05) is 0 Å². The molecule has 0 spiro atoms. The van der Waals surface area contributed by atoms with Gasteiger partial charge in [0.1, 0.15) is 5.76 Å². The molecule has 1 nitrogen and oxygen atoms in total. The Bertz CT molecular complexity index is 400. The maximum atomic E-state index is 5.23. The first-order valence-corrected chi connectivity index (χ1v) is 4.81. The number of hydrogen-bond acceptors (Lipinski definition) is 1. The van der Waals surface area contributed by atoms with E-state index in [1.54, 1.807) is 7.11 Å². The average Bonchev–Trinajstić information content (AvgIpc) is 2.38. The van der Waals surface area contributed by atoms with Crippen LogP contribution in [0.2, 0.25) is 0 Å². The lowest BCUT2D eigenvalue weighted by Gasteiger charge is -2.04. The highest BCUT2D eigenvalue weighted by Gasteiger charge is 2.04. The van der Waals surface area contributed by atoms with Crippen molar-refractivity contribution >= 4 is 6.08 Å². The van der Waals surface area contributed by atoms with Crippen molar-refractivity contribution in [1.29, 1.82) is 0 Å². The molecule has 1 aliphatic carbocycles. The van der Waals surface area contributed by atoms with Crippen molar-refractivity contribution in [3.05, 3.63) is 52.8 Å². The van der Waals surface area contributed by atoms with Gasteiger partial charge in [-0.1, -0.05) is 29.8 Å². The van der Waals surface area contributed by atoms with Crippen molar-refractivity contribution in [1.82, 2.24) is 0 Å². The van der Waals surface area contributed by atoms with Crippen LogP contribution in [0.5, 0.6) is 0 Å². The van der Waals surface area contributed by atoms with Crippen LogP contribution in [0.15, 0.2) is 36.1 Å². The van der Waals surface area contributed by atoms with E-state index in [1.165, 1.54) is 16.7 Å². The zero-order valence-corrected chi connectivity index (χ0v) is 8.58. The third kappa shape index (κ3) is 1.72. The zero-order valence-electron chi connectivity index (χ0n) is 8.58. The Kier molecular flexibility index (Phi) is 2.40. The molecule has 72 valence electrons. The van der Waals surface area contributed by atoms with Crippen LogP contribution in [-0.2, 0) is 11.2 Å². The minimum atomic E-state index is 0.924. The number of methoxy groups -OCH3 is 1. The number of aryl methyl sites for hydroxylation is 1. The van der Waals surface area contributed by atoms with Crippen LogP contribution in [0.3, 0.4) is 0 Å². The molecule has 0 aromatic heterocycles. The molecule has 1 aromatic carbocycles. The third-order valence-corrected chi connectivity index (χ3v) is 2.45. The number of ether oxygens (including phenoxy) is 1. The van der Waals surface area contributed by atoms with Crippen molar-refractivity contribution in [2.75, 3.05) is 7.11 Å². The molecule has 1 aromatic rings. The monoisotopic (exact) mass is 186 g/mol. The van der Waals surface area contributed by atoms with Crippen LogP contribution in [0, 0.1) is 6.92 Å². The Balaban J connectivity index is 2.48. The highest BCUT2D eigenvalue weighted by molar-refractivity contribution is 5.60. The molecule has 0 aliphatic heterocycles. The SMILES string of the molecule is COC1=Cc2ccc(C)cc2CC=C1. The fraction of sp³-hybridized carbons (Fsp3) is 0.231. The summed E-state index contributed by atoms with van der Waals surface area (Å²) >= 11 is 0. The quantitative estimate of drug-likeness (QED) is 0.655. The van der Waals surface area contributed by atoms with Gasteiger partial charge in [-0.25, -0.2) is 0 Å². The maximum absolute atomic E-state index is 5.23. The second-order valence-corrected chi connectivity index (χ2v) is 3.56. The first-order chi connectivity index (χ1) is 6.79. The van der Waals surface area contributed by atoms with Crippen molar-refractivity contribution in [3.8, 4) is 0 Å². The molecule has 0 saturated carbocycles. The summed E-state index contributed by atoms with van der Waals surface area (Å²) in [5, 5.41) is 0. The second kappa shape index (κ2) is 3.70. The van der Waals surface area contributed by atoms with Crippen LogP contribution in [0.4, 0.5) is 0 Å². The summed E-state index contributed by atoms with van der Waals surface area (Å²) in [4.78, 5) is 0. The van der Waals surface area contributed by atoms with E-state index in [0.29, 0.717) is 0 Å². The first-order valence-electron chi connectivity index (χ1n) is 4.81. The normalized spacial score (nSPS) is 14.3. The van der Waals surface area contributed by atoms with Crippen molar-refractivity contribution in [3.63, 3.8) is 0 Å². The molecular formula is C13H14O. The summed E-state index contributed by atoms with van der Waals surface area (Å²) in [5.74, 6) is 0.924. The van der Waals surface area contributed by atoms with Gasteiger partial charge in [0.05, 0.1) is 7.11 Å². The zero-order chi connectivity index (χ0) is 9.97. The molecule has 0 amide bonds. The molecule has 0 unspecified atom stereocenters. The van der Waals surface area contributed by atoms with Gasteiger partial charge in [-0.2, -0.15) is 0 Å². The lowest BCUT2D eigenvalue weighted by molar-refractivity contribution is 0.310. The molecule has 0 bridgehead atoms. The number of fused-ring (bicyclic) bond motifs is 1. The topological polar surface area (TPSA) is 9.23 Å². The molecular weight excluding hydrogens is 172 g/mol. The predicted molar refractivity (Wildman–Crippen MR) is 59.0 cm³/mol. The lowest BCUT2D eigenvalue weighted by atomic mass is 10.0. The molecule has 0 N–H and O–H groups in total. The number of allylic oxidation sites excluding steroid dienone is 2. The summed E-state index contributed by atoms with van der Waals surface area (Å²) < 4.78 is 5.23. The van der Waals surface area contributed by atoms with Gasteiger partial charge < -0.3 is 4.74 Å². The molecule has 0 atom stereocenters. The van der Waals surface area contributed by atoms with E-state index in [2.05, 4.69) is 37.3 Å². The van der Waals surface area contributed by atoms with Crippen LogP contribution >= 0.6 is 0 Å². The van der Waals surface area contributed by atoms with E-state index < -0.39 is 0 Å². The minimum Gasteiger partial charge on any atom is -0.497 e. The molecule has 2 rings (SSSR count). The molecule has 0 radical (unpaired) electrons. The molecule has 14 heavy (non-hydrogen) atoms. The number of hydrogen-bond donors (Lipinski definition) is 0. The molecule has 0 heterocycles. The van der Waals surface area contributed by atoms with Crippen LogP contribution in [-0.4, -0.2) is 7.11 Å². The summed E-state index contributed by atoms with van der Waals surface area (Å²) in [6.07, 6.45) is 7.23. The van der Waals surface area contributed by atoms with Crippen LogP contribution in [0.25, 0.3) is 6.08 Å². The number of benzene rings is 1. The minimum absolute atomic E-state index is 0.924. The predicted octanol–water partition coefficient (Wildman–Crippen LogP) is 3.09. The highest BCUT2D eigenvalue weighted by atomic mass is 16.5. The summed E-state index contributed by atoms with van der Waals surface area (Å²) in [7, 11) is 1.70. The lowest BCUT2D eigenvalue weighted by Crippen LogP contribution is -1.87. The maximum Gasteiger partial charge on any atom is 0.119 e. The summed E-state index contributed by atoms with van der Waals surface area (Å²) in [5.41, 5.74) is 3.94. The van der Waals surface area contributed by atoms with Gasteiger partial charge in [0.15, 0.2) is 0 Å². The van der Waals surface area contributed by atoms with Crippen molar-refractivity contribution < 1.29 is 4.74 Å². The van der Waals surface area contributed by atoms with E-state index in [0.717, 1.165) is 12.2 Å². The second-order valence-electron chi connectivity index (χ2n) is 3.56. The summed E-state index contributed by atoms with van der Waals surface area (Å²) in [6.45, 7) is 2.12. The van der Waals surface area contributed by atoms with Crippen molar-refractivity contribution in [2.24, 2.45) is 0 Å². The van der Waals surface area contributed by atoms with E-state index in [9.17, 15) is 0 Å². The first kappa shape index (κ1) is 9.07.